The molecule has 0 aromatic carbocycles. The summed E-state index contributed by atoms with van der Waals surface area (Å²) in [6.45, 7) is 6.30. The average Bonchev–Trinajstić information content (AvgIpc) is 3.34. The zero-order chi connectivity index (χ0) is 49.3. The van der Waals surface area contributed by atoms with Gasteiger partial charge in [-0.2, -0.15) is 0 Å². The number of allylic oxidation sites excluding steroid dienone is 20. The molecule has 0 spiro atoms. The molecule has 0 saturated carbocycles. The third kappa shape index (κ3) is 52.8. The summed E-state index contributed by atoms with van der Waals surface area (Å²) in [6.07, 6.45) is 76.3. The van der Waals surface area contributed by atoms with Crippen molar-refractivity contribution in [3.05, 3.63) is 122 Å². The largest absolute Gasteiger partial charge is 0.462 e. The highest BCUT2D eigenvalue weighted by Gasteiger charge is 2.19. The Hall–Kier alpha value is -4.19. The van der Waals surface area contributed by atoms with Crippen molar-refractivity contribution in [2.45, 2.75) is 239 Å². The topological polar surface area (TPSA) is 78.9 Å². The summed E-state index contributed by atoms with van der Waals surface area (Å²) in [7, 11) is 0. The van der Waals surface area contributed by atoms with Crippen LogP contribution in [0, 0.1) is 0 Å². The highest BCUT2D eigenvalue weighted by Crippen LogP contribution is 2.14. The zero-order valence-electron chi connectivity index (χ0n) is 43.8. The summed E-state index contributed by atoms with van der Waals surface area (Å²) in [6, 6.07) is 0. The second-order valence-corrected chi connectivity index (χ2v) is 17.8. The molecule has 0 rings (SSSR count). The van der Waals surface area contributed by atoms with Gasteiger partial charge in [-0.1, -0.05) is 232 Å². The van der Waals surface area contributed by atoms with Gasteiger partial charge in [0.1, 0.15) is 13.2 Å². The van der Waals surface area contributed by atoms with Gasteiger partial charge in [-0.15, -0.1) is 0 Å². The minimum atomic E-state index is -0.825. The molecule has 0 aromatic rings. The van der Waals surface area contributed by atoms with Gasteiger partial charge in [-0.25, -0.2) is 0 Å². The summed E-state index contributed by atoms with van der Waals surface area (Å²) in [5.41, 5.74) is 0. The average molecular weight is 941 g/mol. The van der Waals surface area contributed by atoms with Crippen molar-refractivity contribution in [1.29, 1.82) is 0 Å². The number of hydrogen-bond donors (Lipinski definition) is 0. The van der Waals surface area contributed by atoms with Crippen molar-refractivity contribution < 1.29 is 28.6 Å². The van der Waals surface area contributed by atoms with Gasteiger partial charge < -0.3 is 14.2 Å². The molecular weight excluding hydrogens is 841 g/mol. The first-order chi connectivity index (χ1) is 33.5. The first-order valence-corrected chi connectivity index (χ1v) is 27.6. The van der Waals surface area contributed by atoms with E-state index in [0.717, 1.165) is 116 Å². The van der Waals surface area contributed by atoms with Crippen molar-refractivity contribution in [3.63, 3.8) is 0 Å². The van der Waals surface area contributed by atoms with E-state index < -0.39 is 6.10 Å². The fourth-order valence-electron chi connectivity index (χ4n) is 7.17. The molecule has 6 nitrogen and oxygen atoms in total. The molecule has 0 heterocycles. The Morgan fingerprint density at radius 3 is 1.15 bits per heavy atom. The Morgan fingerprint density at radius 1 is 0.324 bits per heavy atom. The van der Waals surface area contributed by atoms with Crippen LogP contribution in [0.2, 0.25) is 0 Å². The first-order valence-electron chi connectivity index (χ1n) is 27.6. The lowest BCUT2D eigenvalue weighted by atomic mass is 10.1. The number of esters is 3. The molecule has 384 valence electrons. The van der Waals surface area contributed by atoms with Gasteiger partial charge in [0.2, 0.25) is 0 Å². The predicted octanol–water partition coefficient (Wildman–Crippen LogP) is 18.5. The van der Waals surface area contributed by atoms with E-state index in [1.54, 1.807) is 0 Å². The van der Waals surface area contributed by atoms with Crippen LogP contribution in [0.5, 0.6) is 0 Å². The standard InChI is InChI=1S/C62H100O6/c1-4-7-10-13-16-19-22-25-27-29-31-33-34-37-40-43-46-49-52-55-61(64)67-58-59(57-66-60(63)54-51-48-45-42-39-36-24-21-18-15-12-9-6-3)68-62(65)56-53-50-47-44-41-38-35-32-30-28-26-23-20-17-14-11-8-5-2/h7,9-10,12,15-16,18-19,21,24-25,27,31-33,35,37,40,46,49,59H,4-6,8,11,13-14,17,20,22-23,26,28-30,34,36,38-39,41-45,47-48,50-58H2,1-3H3/b10-7-,12-9-,18-15-,19-16-,24-21-,27-25-,33-31-,35-32-,40-37-,49-46-. The molecule has 0 aromatic heterocycles. The maximum absolute atomic E-state index is 12.8. The van der Waals surface area contributed by atoms with Crippen molar-refractivity contribution in [1.82, 2.24) is 0 Å². The van der Waals surface area contributed by atoms with Crippen LogP contribution >= 0.6 is 0 Å². The van der Waals surface area contributed by atoms with Gasteiger partial charge in [0, 0.05) is 19.3 Å². The zero-order valence-corrected chi connectivity index (χ0v) is 43.8. The summed E-state index contributed by atoms with van der Waals surface area (Å²) in [4.78, 5) is 38.1. The van der Waals surface area contributed by atoms with Gasteiger partial charge in [-0.05, 0) is 103 Å². The van der Waals surface area contributed by atoms with Crippen LogP contribution in [0.3, 0.4) is 0 Å². The number of hydrogen-bond acceptors (Lipinski definition) is 6. The number of carbonyl (C=O) groups is 3. The van der Waals surface area contributed by atoms with E-state index in [9.17, 15) is 14.4 Å². The Morgan fingerprint density at radius 2 is 0.676 bits per heavy atom. The molecule has 0 fully saturated rings. The molecule has 6 heteroatoms. The van der Waals surface area contributed by atoms with E-state index in [1.807, 2.05) is 12.2 Å². The third-order valence-corrected chi connectivity index (χ3v) is 11.3. The van der Waals surface area contributed by atoms with Crippen LogP contribution in [-0.4, -0.2) is 37.2 Å². The van der Waals surface area contributed by atoms with Crippen LogP contribution in [0.1, 0.15) is 233 Å². The molecule has 68 heavy (non-hydrogen) atoms. The fourth-order valence-corrected chi connectivity index (χ4v) is 7.17. The molecule has 1 atom stereocenters. The lowest BCUT2D eigenvalue weighted by molar-refractivity contribution is -0.166. The number of ether oxygens (including phenoxy) is 3. The lowest BCUT2D eigenvalue weighted by Gasteiger charge is -2.18. The van der Waals surface area contributed by atoms with Gasteiger partial charge in [0.15, 0.2) is 6.10 Å². The van der Waals surface area contributed by atoms with E-state index in [1.165, 1.54) is 70.6 Å². The van der Waals surface area contributed by atoms with Crippen LogP contribution < -0.4 is 0 Å². The van der Waals surface area contributed by atoms with Crippen molar-refractivity contribution >= 4 is 17.9 Å². The summed E-state index contributed by atoms with van der Waals surface area (Å²) < 4.78 is 16.7. The van der Waals surface area contributed by atoms with E-state index >= 15 is 0 Å². The number of rotatable bonds is 48. The molecule has 0 aliphatic heterocycles. The molecule has 0 saturated heterocycles. The molecule has 0 amide bonds. The third-order valence-electron chi connectivity index (χ3n) is 11.3. The summed E-state index contributed by atoms with van der Waals surface area (Å²) >= 11 is 0. The van der Waals surface area contributed by atoms with Crippen LogP contribution in [-0.2, 0) is 28.6 Å². The van der Waals surface area contributed by atoms with Gasteiger partial charge in [-0.3, -0.25) is 14.4 Å². The smallest absolute Gasteiger partial charge is 0.306 e. The molecule has 0 radical (unpaired) electrons. The second kappa shape index (κ2) is 55.4. The molecule has 0 aliphatic rings. The SMILES string of the molecule is CC\C=C/C=C\C=C/CCCCCCCC(=O)OCC(COC(=O)CC/C=C\C/C=C\C/C=C\C/C=C\C/C=C\C/C=C\CC)OC(=O)CCCCCCC/C=C\CCCCCCCCCCC. The number of unbranched alkanes of at least 4 members (excludes halogenated alkanes) is 19. The van der Waals surface area contributed by atoms with Crippen molar-refractivity contribution in [2.75, 3.05) is 13.2 Å². The monoisotopic (exact) mass is 941 g/mol. The maximum Gasteiger partial charge on any atom is 0.306 e. The Kier molecular flexibility index (Phi) is 52.0. The van der Waals surface area contributed by atoms with E-state index in [2.05, 4.69) is 130 Å². The van der Waals surface area contributed by atoms with Crippen LogP contribution in [0.4, 0.5) is 0 Å². The van der Waals surface area contributed by atoms with Gasteiger partial charge in [0.25, 0.3) is 0 Å². The molecular formula is C62H100O6. The van der Waals surface area contributed by atoms with Gasteiger partial charge >= 0.3 is 17.9 Å². The van der Waals surface area contributed by atoms with Crippen LogP contribution in [0.25, 0.3) is 0 Å². The van der Waals surface area contributed by atoms with Crippen molar-refractivity contribution in [3.8, 4) is 0 Å². The number of carbonyl (C=O) groups excluding carboxylic acids is 3. The van der Waals surface area contributed by atoms with E-state index in [-0.39, 0.29) is 37.5 Å². The lowest BCUT2D eigenvalue weighted by Crippen LogP contribution is -2.30. The minimum Gasteiger partial charge on any atom is -0.462 e. The highest BCUT2D eigenvalue weighted by atomic mass is 16.6. The molecule has 0 bridgehead atoms. The second-order valence-electron chi connectivity index (χ2n) is 17.8. The first kappa shape index (κ1) is 63.8. The maximum atomic E-state index is 12.8. The quantitative estimate of drug-likeness (QED) is 0.0199. The molecule has 0 aliphatic carbocycles. The summed E-state index contributed by atoms with van der Waals surface area (Å²) in [5, 5.41) is 0. The van der Waals surface area contributed by atoms with Crippen LogP contribution in [0.15, 0.2) is 122 Å². The normalized spacial score (nSPS) is 13.0. The molecule has 1 unspecified atom stereocenters. The molecule has 0 N–H and O–H groups in total. The highest BCUT2D eigenvalue weighted by molar-refractivity contribution is 5.71. The van der Waals surface area contributed by atoms with E-state index in [4.69, 9.17) is 14.2 Å². The predicted molar refractivity (Wildman–Crippen MR) is 293 cm³/mol. The Balaban J connectivity index is 4.54. The summed E-state index contributed by atoms with van der Waals surface area (Å²) in [5.74, 6) is -1.04. The Bertz CT molecular complexity index is 1450. The van der Waals surface area contributed by atoms with Gasteiger partial charge in [0.05, 0.1) is 0 Å². The van der Waals surface area contributed by atoms with Crippen molar-refractivity contribution in [2.24, 2.45) is 0 Å². The Labute approximate surface area is 418 Å². The fraction of sp³-hybridized carbons (Fsp3) is 0.629. The van der Waals surface area contributed by atoms with E-state index in [0.29, 0.717) is 19.3 Å². The minimum absolute atomic E-state index is 0.118.